The number of halogens is 4. The molecule has 4 rings (SSSR count). The fraction of sp³-hybridized carbons (Fsp3) is 0.478. The molecule has 0 spiro atoms. The zero-order valence-electron chi connectivity index (χ0n) is 19.3. The van der Waals surface area contributed by atoms with Gasteiger partial charge in [-0.15, -0.1) is 11.3 Å². The van der Waals surface area contributed by atoms with Crippen molar-refractivity contribution >= 4 is 40.7 Å². The number of carbonyl (C=O) groups excluding carboxylic acids is 3. The van der Waals surface area contributed by atoms with Crippen LogP contribution < -0.4 is 5.73 Å². The first kappa shape index (κ1) is 26.4. The summed E-state index contributed by atoms with van der Waals surface area (Å²) in [6, 6.07) is 2.99. The lowest BCUT2D eigenvalue weighted by Gasteiger charge is -2.35. The summed E-state index contributed by atoms with van der Waals surface area (Å²) in [7, 11) is 0. The Morgan fingerprint density at radius 3 is 2.50 bits per heavy atom. The number of nitrogens with zero attached hydrogens (tertiary/aromatic N) is 4. The van der Waals surface area contributed by atoms with Crippen molar-refractivity contribution in [2.45, 2.75) is 31.5 Å². The summed E-state index contributed by atoms with van der Waals surface area (Å²) in [5.41, 5.74) is 6.78. The first-order valence-corrected chi connectivity index (χ1v) is 12.7. The van der Waals surface area contributed by atoms with Gasteiger partial charge in [-0.1, -0.05) is 11.6 Å². The topological polar surface area (TPSA) is 99.8 Å². The Kier molecular flexibility index (Phi) is 7.86. The number of hydrogen-bond acceptors (Lipinski definition) is 6. The molecule has 0 aliphatic carbocycles. The van der Waals surface area contributed by atoms with Gasteiger partial charge in [-0.2, -0.15) is 13.2 Å². The number of thiazole rings is 1. The average Bonchev–Trinajstić information content (AvgIpc) is 3.49. The molecule has 2 aliphatic heterocycles. The van der Waals surface area contributed by atoms with E-state index in [1.54, 1.807) is 27.3 Å². The molecule has 1 aromatic carbocycles. The van der Waals surface area contributed by atoms with Gasteiger partial charge < -0.3 is 15.5 Å². The van der Waals surface area contributed by atoms with E-state index in [0.717, 1.165) is 4.90 Å². The molecule has 1 aromatic heterocycles. The number of nitrogens with two attached hydrogens (primary N) is 1. The monoisotopic (exact) mass is 543 g/mol. The van der Waals surface area contributed by atoms with Gasteiger partial charge in [0.25, 0.3) is 0 Å². The number of rotatable bonds is 6. The van der Waals surface area contributed by atoms with Gasteiger partial charge in [-0.3, -0.25) is 19.3 Å². The molecular weight excluding hydrogens is 519 g/mol. The summed E-state index contributed by atoms with van der Waals surface area (Å²) < 4.78 is 39.5. The second-order valence-corrected chi connectivity index (χ2v) is 10.1. The van der Waals surface area contributed by atoms with Gasteiger partial charge in [0.15, 0.2) is 0 Å². The van der Waals surface area contributed by atoms with E-state index in [4.69, 9.17) is 17.3 Å². The summed E-state index contributed by atoms with van der Waals surface area (Å²) >= 11 is 7.33. The van der Waals surface area contributed by atoms with Gasteiger partial charge in [0.2, 0.25) is 17.7 Å². The molecule has 0 unspecified atom stereocenters. The van der Waals surface area contributed by atoms with Gasteiger partial charge in [-0.05, 0) is 31.0 Å². The number of carbonyl (C=O) groups is 3. The molecule has 8 nitrogen and oxygen atoms in total. The molecule has 194 valence electrons. The third-order valence-electron chi connectivity index (χ3n) is 6.40. The van der Waals surface area contributed by atoms with E-state index in [-0.39, 0.29) is 37.4 Å². The van der Waals surface area contributed by atoms with Crippen molar-refractivity contribution in [2.24, 2.45) is 5.73 Å². The van der Waals surface area contributed by atoms with Gasteiger partial charge >= 0.3 is 6.18 Å². The molecule has 3 heterocycles. The van der Waals surface area contributed by atoms with Crippen LogP contribution in [0.3, 0.4) is 0 Å². The van der Waals surface area contributed by atoms with Crippen LogP contribution in [0.4, 0.5) is 13.2 Å². The summed E-state index contributed by atoms with van der Waals surface area (Å²) in [6.07, 6.45) is -4.07. The Morgan fingerprint density at radius 1 is 1.11 bits per heavy atom. The van der Waals surface area contributed by atoms with E-state index >= 15 is 0 Å². The lowest BCUT2D eigenvalue weighted by Crippen LogP contribution is -2.53. The SMILES string of the molecule is NC(=O)c1ccc(Cl)cc1-c1nc(CC(=O)N2CCN(CC(=O)N3CCC[C@@H]3C(F)(F)F)CC2)cs1. The molecule has 2 aliphatic rings. The molecule has 0 bridgehead atoms. The number of primary amides is 1. The average molecular weight is 544 g/mol. The van der Waals surface area contributed by atoms with Crippen molar-refractivity contribution in [3.8, 4) is 10.6 Å². The molecule has 2 fully saturated rings. The minimum absolute atomic E-state index is 0.0585. The predicted molar refractivity (Wildman–Crippen MR) is 129 cm³/mol. The quantitative estimate of drug-likeness (QED) is 0.604. The fourth-order valence-corrected chi connectivity index (χ4v) is 5.55. The van der Waals surface area contributed by atoms with Gasteiger partial charge in [0.1, 0.15) is 11.0 Å². The normalized spacial score (nSPS) is 19.1. The van der Waals surface area contributed by atoms with E-state index in [1.807, 2.05) is 0 Å². The highest BCUT2D eigenvalue weighted by Gasteiger charge is 2.47. The lowest BCUT2D eigenvalue weighted by molar-refractivity contribution is -0.183. The summed E-state index contributed by atoms with van der Waals surface area (Å²) in [5, 5.41) is 2.69. The Morgan fingerprint density at radius 2 is 1.83 bits per heavy atom. The first-order chi connectivity index (χ1) is 17.0. The minimum Gasteiger partial charge on any atom is -0.366 e. The third-order valence-corrected chi connectivity index (χ3v) is 7.56. The van der Waals surface area contributed by atoms with E-state index in [9.17, 15) is 27.6 Å². The van der Waals surface area contributed by atoms with Crippen LogP contribution in [0.2, 0.25) is 5.02 Å². The lowest BCUT2D eigenvalue weighted by atomic mass is 10.1. The Bertz CT molecular complexity index is 1150. The van der Waals surface area contributed by atoms with Crippen LogP contribution in [0.1, 0.15) is 28.9 Å². The zero-order valence-corrected chi connectivity index (χ0v) is 20.8. The van der Waals surface area contributed by atoms with E-state index in [1.165, 1.54) is 17.4 Å². The van der Waals surface area contributed by atoms with E-state index in [2.05, 4.69) is 4.98 Å². The molecule has 3 amide bonds. The standard InChI is InChI=1S/C23H25ClF3N5O3S/c24-14-3-4-16(21(28)35)17(10-14)22-29-15(13-36-22)11-19(33)31-8-6-30(7-9-31)12-20(34)32-5-1-2-18(32)23(25,26)27/h3-4,10,13,18H,1-2,5-9,11-12H2,(H2,28,35)/t18-/m1/s1. The highest BCUT2D eigenvalue weighted by molar-refractivity contribution is 7.13. The maximum Gasteiger partial charge on any atom is 0.408 e. The number of piperazine rings is 1. The van der Waals surface area contributed by atoms with Crippen molar-refractivity contribution in [3.05, 3.63) is 39.9 Å². The minimum atomic E-state index is -4.42. The molecular formula is C23H25ClF3N5O3S. The van der Waals surface area contributed by atoms with Crippen LogP contribution in [0, 0.1) is 0 Å². The van der Waals surface area contributed by atoms with Crippen LogP contribution in [0.25, 0.3) is 10.6 Å². The number of hydrogen-bond donors (Lipinski definition) is 1. The Hall–Kier alpha value is -2.70. The van der Waals surface area contributed by atoms with Gasteiger partial charge in [0, 0.05) is 54.3 Å². The van der Waals surface area contributed by atoms with Crippen LogP contribution >= 0.6 is 22.9 Å². The highest BCUT2D eigenvalue weighted by atomic mass is 35.5. The maximum absolute atomic E-state index is 13.2. The molecule has 2 saturated heterocycles. The number of likely N-dealkylation sites (tertiary alicyclic amines) is 1. The molecule has 2 aromatic rings. The Labute approximate surface area is 214 Å². The van der Waals surface area contributed by atoms with Crippen molar-refractivity contribution < 1.29 is 27.6 Å². The summed E-state index contributed by atoms with van der Waals surface area (Å²) in [6.45, 7) is 1.56. The highest BCUT2D eigenvalue weighted by Crippen LogP contribution is 2.33. The molecule has 0 radical (unpaired) electrons. The number of aromatic nitrogens is 1. The summed E-state index contributed by atoms with van der Waals surface area (Å²) in [4.78, 5) is 45.9. The molecule has 36 heavy (non-hydrogen) atoms. The van der Waals surface area contributed by atoms with E-state index in [0.29, 0.717) is 53.9 Å². The fourth-order valence-electron chi connectivity index (χ4n) is 4.53. The van der Waals surface area contributed by atoms with Crippen LogP contribution in [0.5, 0.6) is 0 Å². The second kappa shape index (κ2) is 10.7. The van der Waals surface area contributed by atoms with Crippen molar-refractivity contribution in [3.63, 3.8) is 0 Å². The van der Waals surface area contributed by atoms with Crippen molar-refractivity contribution in [2.75, 3.05) is 39.3 Å². The maximum atomic E-state index is 13.2. The number of benzene rings is 1. The third kappa shape index (κ3) is 5.98. The van der Waals surface area contributed by atoms with E-state index < -0.39 is 24.0 Å². The molecule has 0 saturated carbocycles. The Balaban J connectivity index is 1.30. The van der Waals surface area contributed by atoms with Crippen molar-refractivity contribution in [1.29, 1.82) is 0 Å². The smallest absolute Gasteiger partial charge is 0.366 e. The number of alkyl halides is 3. The second-order valence-electron chi connectivity index (χ2n) is 8.82. The number of amides is 3. The zero-order chi connectivity index (χ0) is 26.0. The van der Waals surface area contributed by atoms with Gasteiger partial charge in [-0.25, -0.2) is 4.98 Å². The molecule has 2 N–H and O–H groups in total. The summed E-state index contributed by atoms with van der Waals surface area (Å²) in [5.74, 6) is -1.28. The predicted octanol–water partition coefficient (Wildman–Crippen LogP) is 2.80. The largest absolute Gasteiger partial charge is 0.408 e. The first-order valence-electron chi connectivity index (χ1n) is 11.4. The molecule has 13 heteroatoms. The molecule has 1 atom stereocenters. The van der Waals surface area contributed by atoms with Crippen LogP contribution in [-0.4, -0.2) is 88.9 Å². The van der Waals surface area contributed by atoms with Crippen molar-refractivity contribution in [1.82, 2.24) is 19.7 Å². The van der Waals surface area contributed by atoms with Crippen LogP contribution in [-0.2, 0) is 16.0 Å². The van der Waals surface area contributed by atoms with Gasteiger partial charge in [0.05, 0.1) is 18.7 Å². The van der Waals surface area contributed by atoms with Crippen LogP contribution in [0.15, 0.2) is 23.6 Å².